The fraction of sp³-hybridized carbons (Fsp3) is 0.556. The summed E-state index contributed by atoms with van der Waals surface area (Å²) < 4.78 is 18.2. The maximum atomic E-state index is 12.8. The molecule has 1 saturated carbocycles. The molecule has 1 aliphatic carbocycles. The molecule has 0 radical (unpaired) electrons. The number of nitrogens with zero attached hydrogens (tertiary/aromatic N) is 1. The lowest BCUT2D eigenvalue weighted by Gasteiger charge is -2.31. The van der Waals surface area contributed by atoms with Gasteiger partial charge >= 0.3 is 5.97 Å². The summed E-state index contributed by atoms with van der Waals surface area (Å²) in [6, 6.07) is 6.19. The number of halogens is 1. The number of likely N-dealkylation sites (tertiary alicyclic amines) is 1. The van der Waals surface area contributed by atoms with Crippen LogP contribution in [0.5, 0.6) is 0 Å². The summed E-state index contributed by atoms with van der Waals surface area (Å²) in [7, 11) is 0. The zero-order valence-electron chi connectivity index (χ0n) is 13.2. The fourth-order valence-electron chi connectivity index (χ4n) is 3.00. The first-order valence-corrected chi connectivity index (χ1v) is 8.33. The highest BCUT2D eigenvalue weighted by Crippen LogP contribution is 2.32. The zero-order valence-corrected chi connectivity index (χ0v) is 13.2. The van der Waals surface area contributed by atoms with Crippen LogP contribution in [0.25, 0.3) is 0 Å². The molecule has 1 atom stereocenters. The van der Waals surface area contributed by atoms with E-state index in [0.717, 1.165) is 37.8 Å². The second-order valence-corrected chi connectivity index (χ2v) is 6.44. The minimum atomic E-state index is -0.270. The molecule has 0 spiro atoms. The maximum Gasteiger partial charge on any atom is 0.310 e. The molecule has 1 amide bonds. The highest BCUT2D eigenvalue weighted by Gasteiger charge is 2.37. The second kappa shape index (κ2) is 7.11. The van der Waals surface area contributed by atoms with Gasteiger partial charge in [-0.3, -0.25) is 9.59 Å². The predicted molar refractivity (Wildman–Crippen MR) is 83.1 cm³/mol. The molecule has 124 valence electrons. The summed E-state index contributed by atoms with van der Waals surface area (Å²) in [5.41, 5.74) is 0.938. The number of ether oxygens (including phenoxy) is 1. The van der Waals surface area contributed by atoms with Crippen LogP contribution in [0.3, 0.4) is 0 Å². The Hall–Kier alpha value is -1.91. The molecule has 4 nitrogen and oxygen atoms in total. The number of carbonyl (C=O) groups is 2. The van der Waals surface area contributed by atoms with Crippen LogP contribution in [0.1, 0.15) is 31.2 Å². The Kier molecular flexibility index (Phi) is 4.94. The van der Waals surface area contributed by atoms with Gasteiger partial charge in [-0.05, 0) is 43.4 Å². The Morgan fingerprint density at radius 3 is 2.57 bits per heavy atom. The lowest BCUT2D eigenvalue weighted by Crippen LogP contribution is -2.43. The SMILES string of the molecule is O=C(OCCc1ccc(F)cc1)[C@@H]1CCCN(C(=O)C2CC2)C1. The van der Waals surface area contributed by atoms with Crippen molar-refractivity contribution in [3.05, 3.63) is 35.6 Å². The van der Waals surface area contributed by atoms with Crippen LogP contribution in [0.4, 0.5) is 4.39 Å². The van der Waals surface area contributed by atoms with Gasteiger partial charge in [0.25, 0.3) is 0 Å². The van der Waals surface area contributed by atoms with Gasteiger partial charge in [-0.25, -0.2) is 4.39 Å². The number of carbonyl (C=O) groups excluding carboxylic acids is 2. The van der Waals surface area contributed by atoms with Gasteiger partial charge < -0.3 is 9.64 Å². The molecule has 0 aromatic heterocycles. The average Bonchev–Trinajstić information content (AvgIpc) is 3.41. The second-order valence-electron chi connectivity index (χ2n) is 6.44. The smallest absolute Gasteiger partial charge is 0.310 e. The third-order valence-electron chi connectivity index (χ3n) is 4.54. The molecular formula is C18H22FNO3. The molecule has 2 fully saturated rings. The van der Waals surface area contributed by atoms with E-state index in [1.54, 1.807) is 12.1 Å². The predicted octanol–water partition coefficient (Wildman–Crippen LogP) is 2.56. The first-order valence-electron chi connectivity index (χ1n) is 8.33. The van der Waals surface area contributed by atoms with Gasteiger partial charge in [-0.2, -0.15) is 0 Å². The number of esters is 1. The van der Waals surface area contributed by atoms with Crippen LogP contribution in [0.2, 0.25) is 0 Å². The van der Waals surface area contributed by atoms with Crippen molar-refractivity contribution in [2.24, 2.45) is 11.8 Å². The van der Waals surface area contributed by atoms with Crippen LogP contribution in [0.15, 0.2) is 24.3 Å². The topological polar surface area (TPSA) is 46.6 Å². The molecule has 1 aromatic carbocycles. The van der Waals surface area contributed by atoms with Gasteiger partial charge in [0.1, 0.15) is 5.82 Å². The molecular weight excluding hydrogens is 297 g/mol. The lowest BCUT2D eigenvalue weighted by atomic mass is 9.98. The van der Waals surface area contributed by atoms with Gasteiger partial charge in [0.15, 0.2) is 0 Å². The third-order valence-corrected chi connectivity index (χ3v) is 4.54. The molecule has 23 heavy (non-hydrogen) atoms. The van der Waals surface area contributed by atoms with E-state index in [0.29, 0.717) is 13.0 Å². The molecule has 1 saturated heterocycles. The molecule has 1 aromatic rings. The fourth-order valence-corrected chi connectivity index (χ4v) is 3.00. The van der Waals surface area contributed by atoms with E-state index in [-0.39, 0.29) is 36.1 Å². The first kappa shape index (κ1) is 16.0. The molecule has 5 heteroatoms. The van der Waals surface area contributed by atoms with Crippen molar-refractivity contribution < 1.29 is 18.7 Å². The standard InChI is InChI=1S/C18H22FNO3/c19-16-7-3-13(4-8-16)9-11-23-18(22)15-2-1-10-20(12-15)17(21)14-5-6-14/h3-4,7-8,14-15H,1-2,5-6,9-12H2/t15-/m1/s1. The largest absolute Gasteiger partial charge is 0.465 e. The van der Waals surface area contributed by atoms with Crippen LogP contribution in [-0.4, -0.2) is 36.5 Å². The summed E-state index contributed by atoms with van der Waals surface area (Å²) in [6.07, 6.45) is 4.19. The Morgan fingerprint density at radius 2 is 1.87 bits per heavy atom. The number of benzene rings is 1. The first-order chi connectivity index (χ1) is 11.1. The Labute approximate surface area is 135 Å². The number of rotatable bonds is 5. The number of amides is 1. The van der Waals surface area contributed by atoms with E-state index in [1.165, 1.54) is 12.1 Å². The van der Waals surface area contributed by atoms with Crippen molar-refractivity contribution in [2.75, 3.05) is 19.7 Å². The highest BCUT2D eigenvalue weighted by molar-refractivity contribution is 5.82. The van der Waals surface area contributed by atoms with E-state index in [4.69, 9.17) is 4.74 Å². The van der Waals surface area contributed by atoms with Crippen LogP contribution < -0.4 is 0 Å². The summed E-state index contributed by atoms with van der Waals surface area (Å²) in [6.45, 7) is 1.54. The number of hydrogen-bond acceptors (Lipinski definition) is 3. The molecule has 0 N–H and O–H groups in total. The van der Waals surface area contributed by atoms with Crippen molar-refractivity contribution in [1.82, 2.24) is 4.90 Å². The van der Waals surface area contributed by atoms with Gasteiger partial charge in [-0.15, -0.1) is 0 Å². The summed E-state index contributed by atoms with van der Waals surface area (Å²) >= 11 is 0. The van der Waals surface area contributed by atoms with Gasteiger partial charge in [-0.1, -0.05) is 12.1 Å². The summed E-state index contributed by atoms with van der Waals surface area (Å²) in [4.78, 5) is 26.1. The van der Waals surface area contributed by atoms with Crippen LogP contribution in [0, 0.1) is 17.7 Å². The average molecular weight is 319 g/mol. The Bertz CT molecular complexity index is 568. The number of piperidine rings is 1. The van der Waals surface area contributed by atoms with Gasteiger partial charge in [0.2, 0.25) is 5.91 Å². The third kappa shape index (κ3) is 4.30. The Balaban J connectivity index is 1.43. The van der Waals surface area contributed by atoms with E-state index < -0.39 is 0 Å². The monoisotopic (exact) mass is 319 g/mol. The van der Waals surface area contributed by atoms with Crippen molar-refractivity contribution >= 4 is 11.9 Å². The van der Waals surface area contributed by atoms with Crippen LogP contribution in [-0.2, 0) is 20.7 Å². The van der Waals surface area contributed by atoms with Crippen molar-refractivity contribution in [3.63, 3.8) is 0 Å². The van der Waals surface area contributed by atoms with Gasteiger partial charge in [0.05, 0.1) is 12.5 Å². The van der Waals surface area contributed by atoms with Crippen molar-refractivity contribution in [1.29, 1.82) is 0 Å². The molecule has 3 rings (SSSR count). The van der Waals surface area contributed by atoms with E-state index in [9.17, 15) is 14.0 Å². The summed E-state index contributed by atoms with van der Waals surface area (Å²) in [5.74, 6) is -0.300. The molecule has 1 heterocycles. The van der Waals surface area contributed by atoms with Crippen molar-refractivity contribution in [3.8, 4) is 0 Å². The molecule has 0 unspecified atom stereocenters. The normalized spacial score (nSPS) is 21.1. The minimum Gasteiger partial charge on any atom is -0.465 e. The summed E-state index contributed by atoms with van der Waals surface area (Å²) in [5, 5.41) is 0. The molecule has 1 aliphatic heterocycles. The quantitative estimate of drug-likeness (QED) is 0.784. The molecule has 0 bridgehead atoms. The highest BCUT2D eigenvalue weighted by atomic mass is 19.1. The van der Waals surface area contributed by atoms with E-state index in [2.05, 4.69) is 0 Å². The minimum absolute atomic E-state index is 0.197. The maximum absolute atomic E-state index is 12.8. The zero-order chi connectivity index (χ0) is 16.2. The van der Waals surface area contributed by atoms with E-state index >= 15 is 0 Å². The lowest BCUT2D eigenvalue weighted by molar-refractivity contribution is -0.151. The van der Waals surface area contributed by atoms with E-state index in [1.807, 2.05) is 4.90 Å². The van der Waals surface area contributed by atoms with Crippen LogP contribution >= 0.6 is 0 Å². The number of hydrogen-bond donors (Lipinski definition) is 0. The molecule has 2 aliphatic rings. The van der Waals surface area contributed by atoms with Gasteiger partial charge in [0, 0.05) is 25.4 Å². The van der Waals surface area contributed by atoms with Crippen molar-refractivity contribution in [2.45, 2.75) is 32.1 Å². The Morgan fingerprint density at radius 1 is 1.13 bits per heavy atom.